The van der Waals surface area contributed by atoms with Crippen molar-refractivity contribution >= 4 is 0 Å². The second-order valence-corrected chi connectivity index (χ2v) is 5.86. The highest BCUT2D eigenvalue weighted by atomic mass is 16.5. The number of ether oxygens (including phenoxy) is 1. The Hall–Kier alpha value is -0.160. The fourth-order valence-corrected chi connectivity index (χ4v) is 3.64. The Kier molecular flexibility index (Phi) is 5.01. The number of nitrogens with zero attached hydrogens (tertiary/aromatic N) is 1. The van der Waals surface area contributed by atoms with Crippen LogP contribution < -0.4 is 5.32 Å². The minimum atomic E-state index is -0.0283. The summed E-state index contributed by atoms with van der Waals surface area (Å²) in [5.74, 6) is 0. The smallest absolute Gasteiger partial charge is 0.0698 e. The van der Waals surface area contributed by atoms with Crippen molar-refractivity contribution in [1.82, 2.24) is 10.2 Å². The Balaban J connectivity index is 1.91. The highest BCUT2D eigenvalue weighted by Crippen LogP contribution is 2.34. The molecule has 0 aromatic carbocycles. The molecule has 0 aromatic heterocycles. The third-order valence-corrected chi connectivity index (χ3v) is 4.70. The Morgan fingerprint density at radius 2 is 2.28 bits per heavy atom. The molecule has 1 aliphatic heterocycles. The fraction of sp³-hybridized carbons (Fsp3) is 1.00. The van der Waals surface area contributed by atoms with Crippen LogP contribution in [0.1, 0.15) is 39.0 Å². The molecule has 0 aromatic rings. The largest absolute Gasteiger partial charge is 0.394 e. The summed E-state index contributed by atoms with van der Waals surface area (Å²) in [7, 11) is 1.82. The number of aliphatic hydroxyl groups is 1. The molecule has 4 heteroatoms. The zero-order chi connectivity index (χ0) is 13.0. The first-order valence-electron chi connectivity index (χ1n) is 7.36. The highest BCUT2D eigenvalue weighted by Gasteiger charge is 2.41. The normalized spacial score (nSPS) is 38.2. The Labute approximate surface area is 111 Å². The van der Waals surface area contributed by atoms with E-state index in [9.17, 15) is 5.11 Å². The summed E-state index contributed by atoms with van der Waals surface area (Å²) in [4.78, 5) is 2.58. The number of nitrogens with one attached hydrogen (secondary N) is 1. The number of rotatable bonds is 5. The van der Waals surface area contributed by atoms with Crippen molar-refractivity contribution in [2.24, 2.45) is 0 Å². The molecule has 0 spiro atoms. The molecule has 4 nitrogen and oxygen atoms in total. The van der Waals surface area contributed by atoms with Gasteiger partial charge in [-0.3, -0.25) is 4.90 Å². The lowest BCUT2D eigenvalue weighted by Crippen LogP contribution is -2.49. The van der Waals surface area contributed by atoms with Gasteiger partial charge in [0.15, 0.2) is 0 Å². The summed E-state index contributed by atoms with van der Waals surface area (Å²) >= 11 is 0. The van der Waals surface area contributed by atoms with Crippen molar-refractivity contribution < 1.29 is 9.84 Å². The quantitative estimate of drug-likeness (QED) is 0.770. The fourth-order valence-electron chi connectivity index (χ4n) is 3.64. The van der Waals surface area contributed by atoms with Crippen LogP contribution >= 0.6 is 0 Å². The van der Waals surface area contributed by atoms with E-state index in [1.54, 1.807) is 0 Å². The van der Waals surface area contributed by atoms with Crippen LogP contribution in [0.3, 0.4) is 0 Å². The van der Waals surface area contributed by atoms with Gasteiger partial charge in [-0.05, 0) is 45.2 Å². The topological polar surface area (TPSA) is 44.7 Å². The maximum atomic E-state index is 9.66. The Morgan fingerprint density at radius 1 is 1.44 bits per heavy atom. The lowest BCUT2D eigenvalue weighted by atomic mass is 9.97. The molecule has 0 bridgehead atoms. The first kappa shape index (κ1) is 14.3. The molecule has 1 heterocycles. The van der Waals surface area contributed by atoms with Crippen LogP contribution in [0.2, 0.25) is 0 Å². The second-order valence-electron chi connectivity index (χ2n) is 5.86. The zero-order valence-electron chi connectivity index (χ0n) is 11.8. The van der Waals surface area contributed by atoms with Crippen LogP contribution in [0.5, 0.6) is 0 Å². The molecule has 2 N–H and O–H groups in total. The number of aliphatic hydroxyl groups excluding tert-OH is 1. The Morgan fingerprint density at radius 3 is 2.94 bits per heavy atom. The average Bonchev–Trinajstić information content (AvgIpc) is 2.84. The third-order valence-electron chi connectivity index (χ3n) is 4.70. The highest BCUT2D eigenvalue weighted by molar-refractivity contribution is 5.00. The van der Waals surface area contributed by atoms with E-state index in [1.165, 1.54) is 25.8 Å². The van der Waals surface area contributed by atoms with Gasteiger partial charge in [0.25, 0.3) is 0 Å². The summed E-state index contributed by atoms with van der Waals surface area (Å²) in [6.07, 6.45) is 6.20. The van der Waals surface area contributed by atoms with Gasteiger partial charge in [-0.25, -0.2) is 0 Å². The summed E-state index contributed by atoms with van der Waals surface area (Å²) in [5.41, 5.74) is -0.0283. The number of likely N-dealkylation sites (N-methyl/N-ethyl adjacent to an activating group) is 1. The zero-order valence-corrected chi connectivity index (χ0v) is 11.8. The maximum Gasteiger partial charge on any atom is 0.0698 e. The molecule has 1 saturated carbocycles. The minimum Gasteiger partial charge on any atom is -0.394 e. The molecule has 2 fully saturated rings. The number of likely N-dealkylation sites (tertiary alicyclic amines) is 1. The lowest BCUT2D eigenvalue weighted by molar-refractivity contribution is 0.0133. The molecular formula is C14H28N2O2. The molecule has 0 radical (unpaired) electrons. The first-order valence-corrected chi connectivity index (χ1v) is 7.36. The number of hydrogen-bond donors (Lipinski definition) is 2. The first-order chi connectivity index (χ1) is 8.73. The molecule has 1 aliphatic carbocycles. The van der Waals surface area contributed by atoms with Crippen molar-refractivity contribution in [1.29, 1.82) is 0 Å². The molecule has 2 aliphatic rings. The molecule has 2 rings (SSSR count). The molecule has 3 unspecified atom stereocenters. The Bertz CT molecular complexity index is 262. The maximum absolute atomic E-state index is 9.66. The van der Waals surface area contributed by atoms with Crippen molar-refractivity contribution in [3.63, 3.8) is 0 Å². The van der Waals surface area contributed by atoms with Crippen LogP contribution in [0, 0.1) is 0 Å². The van der Waals surface area contributed by atoms with E-state index in [1.807, 2.05) is 7.11 Å². The van der Waals surface area contributed by atoms with Gasteiger partial charge in [-0.1, -0.05) is 6.92 Å². The molecule has 106 valence electrons. The van der Waals surface area contributed by atoms with E-state index in [4.69, 9.17) is 4.74 Å². The predicted molar refractivity (Wildman–Crippen MR) is 72.7 cm³/mol. The van der Waals surface area contributed by atoms with Crippen LogP contribution in [0.4, 0.5) is 0 Å². The number of methoxy groups -OCH3 is 1. The van der Waals surface area contributed by atoms with Crippen LogP contribution in [-0.2, 0) is 4.74 Å². The van der Waals surface area contributed by atoms with Crippen molar-refractivity contribution in [2.75, 3.05) is 33.4 Å². The summed E-state index contributed by atoms with van der Waals surface area (Å²) in [5, 5.41) is 13.2. The molecule has 3 atom stereocenters. The van der Waals surface area contributed by atoms with Gasteiger partial charge in [0, 0.05) is 25.2 Å². The standard InChI is InChI=1S/C14H28N2O2/c1-3-15-14(11-17)7-6-12(9-14)16-8-4-5-13(10-16)18-2/h12-13,15,17H,3-11H2,1-2H3. The van der Waals surface area contributed by atoms with Crippen LogP contribution in [0.15, 0.2) is 0 Å². The van der Waals surface area contributed by atoms with Gasteiger partial charge in [-0.15, -0.1) is 0 Å². The van der Waals surface area contributed by atoms with E-state index in [2.05, 4.69) is 17.1 Å². The monoisotopic (exact) mass is 256 g/mol. The number of hydrogen-bond acceptors (Lipinski definition) is 4. The van der Waals surface area contributed by atoms with Crippen LogP contribution in [-0.4, -0.2) is 61.0 Å². The summed E-state index contributed by atoms with van der Waals surface area (Å²) in [6.45, 7) is 5.58. The van der Waals surface area contributed by atoms with Gasteiger partial charge in [0.1, 0.15) is 0 Å². The van der Waals surface area contributed by atoms with Gasteiger partial charge >= 0.3 is 0 Å². The average molecular weight is 256 g/mol. The van der Waals surface area contributed by atoms with Gasteiger partial charge < -0.3 is 15.2 Å². The van der Waals surface area contributed by atoms with Crippen molar-refractivity contribution in [2.45, 2.75) is 56.7 Å². The van der Waals surface area contributed by atoms with E-state index in [0.29, 0.717) is 12.1 Å². The van der Waals surface area contributed by atoms with E-state index >= 15 is 0 Å². The van der Waals surface area contributed by atoms with Crippen molar-refractivity contribution in [3.8, 4) is 0 Å². The predicted octanol–water partition coefficient (Wildman–Crippen LogP) is 0.990. The lowest BCUT2D eigenvalue weighted by Gasteiger charge is -2.37. The van der Waals surface area contributed by atoms with E-state index in [-0.39, 0.29) is 12.1 Å². The van der Waals surface area contributed by atoms with Gasteiger partial charge in [-0.2, -0.15) is 0 Å². The van der Waals surface area contributed by atoms with Crippen molar-refractivity contribution in [3.05, 3.63) is 0 Å². The molecule has 0 amide bonds. The number of piperidine rings is 1. The molecule has 1 saturated heterocycles. The third kappa shape index (κ3) is 3.05. The second kappa shape index (κ2) is 6.33. The van der Waals surface area contributed by atoms with Crippen LogP contribution in [0.25, 0.3) is 0 Å². The molecular weight excluding hydrogens is 228 g/mol. The molecule has 18 heavy (non-hydrogen) atoms. The van der Waals surface area contributed by atoms with E-state index in [0.717, 1.165) is 25.9 Å². The SMILES string of the molecule is CCNC1(CO)CCC(N2CCCC(OC)C2)C1. The summed E-state index contributed by atoms with van der Waals surface area (Å²) < 4.78 is 5.50. The summed E-state index contributed by atoms with van der Waals surface area (Å²) in [6, 6.07) is 0.620. The van der Waals surface area contributed by atoms with Gasteiger partial charge in [0.05, 0.1) is 12.7 Å². The minimum absolute atomic E-state index is 0.0283. The van der Waals surface area contributed by atoms with E-state index < -0.39 is 0 Å². The van der Waals surface area contributed by atoms with Gasteiger partial charge in [0.2, 0.25) is 0 Å².